The number of amides is 1. The first-order chi connectivity index (χ1) is 9.74. The van der Waals surface area contributed by atoms with Gasteiger partial charge < -0.3 is 10.3 Å². The van der Waals surface area contributed by atoms with Crippen LogP contribution in [0.5, 0.6) is 0 Å². The van der Waals surface area contributed by atoms with Gasteiger partial charge in [-0.05, 0) is 36.3 Å². The number of aromatic amines is 1. The molecule has 1 fully saturated rings. The topological polar surface area (TPSA) is 44.9 Å². The second kappa shape index (κ2) is 6.02. The molecule has 3 rings (SSSR count). The molecule has 106 valence electrons. The summed E-state index contributed by atoms with van der Waals surface area (Å²) in [6.07, 6.45) is 6.53. The maximum Gasteiger partial charge on any atom is 0.268 e. The summed E-state index contributed by atoms with van der Waals surface area (Å²) in [6, 6.07) is 5.93. The van der Waals surface area contributed by atoms with Crippen molar-refractivity contribution in [2.75, 3.05) is 0 Å². The van der Waals surface area contributed by atoms with Crippen LogP contribution in [0.15, 0.2) is 29.8 Å². The fraction of sp³-hybridized carbons (Fsp3) is 0.400. The van der Waals surface area contributed by atoms with Crippen LogP contribution in [-0.2, 0) is 0 Å². The van der Waals surface area contributed by atoms with Crippen LogP contribution in [0.25, 0.3) is 0 Å². The maximum absolute atomic E-state index is 12.3. The molecule has 3 nitrogen and oxygen atoms in total. The monoisotopic (exact) mass is 308 g/mol. The Morgan fingerprint density at radius 1 is 1.45 bits per heavy atom. The Kier molecular flexibility index (Phi) is 4.13. The molecule has 0 unspecified atom stereocenters. The van der Waals surface area contributed by atoms with E-state index >= 15 is 0 Å². The van der Waals surface area contributed by atoms with Gasteiger partial charge in [-0.25, -0.2) is 0 Å². The number of carbonyl (C=O) groups excluding carboxylic acids is 1. The third kappa shape index (κ3) is 2.91. The molecule has 2 aromatic rings. The van der Waals surface area contributed by atoms with Gasteiger partial charge in [-0.3, -0.25) is 4.79 Å². The molecule has 1 atom stereocenters. The molecule has 2 heterocycles. The van der Waals surface area contributed by atoms with Gasteiger partial charge >= 0.3 is 0 Å². The van der Waals surface area contributed by atoms with Gasteiger partial charge in [-0.2, -0.15) is 0 Å². The molecule has 5 heteroatoms. The van der Waals surface area contributed by atoms with Gasteiger partial charge in [-0.1, -0.05) is 30.5 Å². The first-order valence-electron chi connectivity index (χ1n) is 6.92. The van der Waals surface area contributed by atoms with E-state index in [-0.39, 0.29) is 11.9 Å². The van der Waals surface area contributed by atoms with Crippen LogP contribution in [0.4, 0.5) is 0 Å². The Balaban J connectivity index is 1.77. The van der Waals surface area contributed by atoms with Crippen molar-refractivity contribution in [3.05, 3.63) is 45.4 Å². The molecule has 1 aliphatic carbocycles. The highest BCUT2D eigenvalue weighted by Crippen LogP contribution is 2.37. The van der Waals surface area contributed by atoms with E-state index in [9.17, 15) is 4.79 Å². The Bertz CT molecular complexity index is 572. The number of halogens is 1. The van der Waals surface area contributed by atoms with Crippen LogP contribution < -0.4 is 5.32 Å². The second-order valence-electron chi connectivity index (χ2n) is 5.24. The van der Waals surface area contributed by atoms with Crippen molar-refractivity contribution in [2.45, 2.75) is 31.7 Å². The maximum atomic E-state index is 12.3. The Morgan fingerprint density at radius 2 is 2.25 bits per heavy atom. The number of rotatable bonds is 4. The lowest BCUT2D eigenvalue weighted by Crippen LogP contribution is -2.32. The van der Waals surface area contributed by atoms with E-state index in [1.54, 1.807) is 23.6 Å². The van der Waals surface area contributed by atoms with E-state index in [1.165, 1.54) is 30.6 Å². The van der Waals surface area contributed by atoms with Gasteiger partial charge in [0.2, 0.25) is 0 Å². The fourth-order valence-electron chi connectivity index (χ4n) is 2.90. The number of carbonyl (C=O) groups is 1. The van der Waals surface area contributed by atoms with E-state index in [2.05, 4.69) is 21.7 Å². The van der Waals surface area contributed by atoms with E-state index in [0.717, 1.165) is 0 Å². The highest BCUT2D eigenvalue weighted by atomic mass is 35.5. The van der Waals surface area contributed by atoms with Crippen molar-refractivity contribution < 1.29 is 4.79 Å². The first-order valence-corrected chi connectivity index (χ1v) is 8.18. The number of hydrogen-bond acceptors (Lipinski definition) is 2. The van der Waals surface area contributed by atoms with Gasteiger partial charge in [0.1, 0.15) is 5.69 Å². The molecule has 0 bridgehead atoms. The van der Waals surface area contributed by atoms with Crippen LogP contribution in [0.2, 0.25) is 5.02 Å². The summed E-state index contributed by atoms with van der Waals surface area (Å²) in [5, 5.41) is 5.80. The van der Waals surface area contributed by atoms with Crippen LogP contribution in [-0.4, -0.2) is 10.9 Å². The van der Waals surface area contributed by atoms with Crippen LogP contribution >= 0.6 is 22.9 Å². The lowest BCUT2D eigenvalue weighted by molar-refractivity contribution is 0.0918. The summed E-state index contributed by atoms with van der Waals surface area (Å²) >= 11 is 7.57. The Hall–Kier alpha value is -1.26. The molecule has 0 spiro atoms. The smallest absolute Gasteiger partial charge is 0.268 e. The highest BCUT2D eigenvalue weighted by Gasteiger charge is 2.28. The summed E-state index contributed by atoms with van der Waals surface area (Å²) < 4.78 is 0. The molecule has 0 saturated heterocycles. The quantitative estimate of drug-likeness (QED) is 0.864. The third-order valence-electron chi connectivity index (χ3n) is 3.90. The molecule has 0 aromatic carbocycles. The Morgan fingerprint density at radius 3 is 2.85 bits per heavy atom. The molecule has 1 saturated carbocycles. The average Bonchev–Trinajstić information content (AvgIpc) is 3.17. The number of hydrogen-bond donors (Lipinski definition) is 2. The molecular formula is C15H17ClN2OS. The summed E-state index contributed by atoms with van der Waals surface area (Å²) in [5.41, 5.74) is 0.523. The lowest BCUT2D eigenvalue weighted by Gasteiger charge is -2.23. The predicted molar refractivity (Wildman–Crippen MR) is 82.3 cm³/mol. The van der Waals surface area contributed by atoms with Crippen LogP contribution in [0, 0.1) is 5.92 Å². The molecule has 0 aliphatic heterocycles. The summed E-state index contributed by atoms with van der Waals surface area (Å²) in [5.74, 6) is 0.463. The minimum atomic E-state index is -0.0813. The molecule has 0 radical (unpaired) electrons. The third-order valence-corrected chi connectivity index (χ3v) is 5.07. The van der Waals surface area contributed by atoms with Gasteiger partial charge in [-0.15, -0.1) is 11.3 Å². The zero-order valence-electron chi connectivity index (χ0n) is 11.1. The molecule has 20 heavy (non-hydrogen) atoms. The number of aromatic nitrogens is 1. The standard InChI is InChI=1S/C15H17ClN2OS/c16-11-8-12(17-9-11)15(19)18-14(10-4-1-2-5-10)13-6-3-7-20-13/h3,6-10,14,17H,1-2,4-5H2,(H,18,19)/t14-/m1/s1. The number of H-pyrrole nitrogens is 1. The van der Waals surface area contributed by atoms with Gasteiger partial charge in [0.05, 0.1) is 11.1 Å². The van der Waals surface area contributed by atoms with Crippen molar-refractivity contribution >= 4 is 28.8 Å². The van der Waals surface area contributed by atoms with Crippen molar-refractivity contribution in [3.8, 4) is 0 Å². The zero-order valence-corrected chi connectivity index (χ0v) is 12.6. The molecule has 2 aromatic heterocycles. The fourth-order valence-corrected chi connectivity index (χ4v) is 3.93. The highest BCUT2D eigenvalue weighted by molar-refractivity contribution is 7.10. The zero-order chi connectivity index (χ0) is 13.9. The first kappa shape index (κ1) is 13.7. The van der Waals surface area contributed by atoms with E-state index < -0.39 is 0 Å². The minimum Gasteiger partial charge on any atom is -0.356 e. The predicted octanol–water partition coefficient (Wildman–Crippen LogP) is 4.39. The van der Waals surface area contributed by atoms with Crippen molar-refractivity contribution in [1.82, 2.24) is 10.3 Å². The molecule has 1 amide bonds. The average molecular weight is 309 g/mol. The van der Waals surface area contributed by atoms with E-state index in [1.807, 2.05) is 6.07 Å². The van der Waals surface area contributed by atoms with Crippen LogP contribution in [0.3, 0.4) is 0 Å². The number of nitrogens with one attached hydrogen (secondary N) is 2. The lowest BCUT2D eigenvalue weighted by atomic mass is 9.96. The van der Waals surface area contributed by atoms with Gasteiger partial charge in [0.15, 0.2) is 0 Å². The number of thiophene rings is 1. The van der Waals surface area contributed by atoms with Crippen molar-refractivity contribution in [2.24, 2.45) is 5.92 Å². The Labute approximate surface area is 127 Å². The summed E-state index contributed by atoms with van der Waals surface area (Å²) in [6.45, 7) is 0. The molecule has 1 aliphatic rings. The van der Waals surface area contributed by atoms with Crippen LogP contribution in [0.1, 0.15) is 47.1 Å². The summed E-state index contributed by atoms with van der Waals surface area (Å²) in [4.78, 5) is 16.5. The second-order valence-corrected chi connectivity index (χ2v) is 6.66. The molecular weight excluding hydrogens is 292 g/mol. The van der Waals surface area contributed by atoms with Crippen molar-refractivity contribution in [1.29, 1.82) is 0 Å². The van der Waals surface area contributed by atoms with Gasteiger partial charge in [0.25, 0.3) is 5.91 Å². The van der Waals surface area contributed by atoms with Crippen molar-refractivity contribution in [3.63, 3.8) is 0 Å². The van der Waals surface area contributed by atoms with Gasteiger partial charge in [0, 0.05) is 11.1 Å². The van der Waals surface area contributed by atoms with E-state index in [4.69, 9.17) is 11.6 Å². The normalized spacial score (nSPS) is 17.2. The SMILES string of the molecule is O=C(N[C@@H](c1cccs1)C1CCCC1)c1cc(Cl)c[nH]1. The molecule has 2 N–H and O–H groups in total. The summed E-state index contributed by atoms with van der Waals surface area (Å²) in [7, 11) is 0. The minimum absolute atomic E-state index is 0.0813. The van der Waals surface area contributed by atoms with E-state index in [0.29, 0.717) is 16.6 Å². The largest absolute Gasteiger partial charge is 0.356 e.